The summed E-state index contributed by atoms with van der Waals surface area (Å²) in [6.45, 7) is -0.0236. The van der Waals surface area contributed by atoms with Gasteiger partial charge < -0.3 is 5.32 Å². The van der Waals surface area contributed by atoms with Crippen molar-refractivity contribution < 1.29 is 18.0 Å². The number of fused-ring (bicyclic) bond motifs is 1. The molecule has 0 atom stereocenters. The molecular formula is C17H13F3N4OS. The minimum atomic E-state index is -4.38. The molecule has 26 heavy (non-hydrogen) atoms. The molecule has 9 heteroatoms. The Morgan fingerprint density at radius 3 is 2.58 bits per heavy atom. The summed E-state index contributed by atoms with van der Waals surface area (Å²) < 4.78 is 38.4. The third-order valence-corrected chi connectivity index (χ3v) is 4.33. The molecule has 0 aliphatic heterocycles. The van der Waals surface area contributed by atoms with Gasteiger partial charge in [0.1, 0.15) is 0 Å². The molecule has 0 aliphatic rings. The van der Waals surface area contributed by atoms with Crippen molar-refractivity contribution in [3.8, 4) is 0 Å². The van der Waals surface area contributed by atoms with Gasteiger partial charge in [0.25, 0.3) is 5.91 Å². The topological polar surface area (TPSA) is 66.4 Å². The normalized spacial score (nSPS) is 11.8. The van der Waals surface area contributed by atoms with Gasteiger partial charge in [-0.2, -0.15) is 18.3 Å². The fraction of sp³-hybridized carbons (Fsp3) is 0.118. The molecule has 2 N–H and O–H groups in total. The highest BCUT2D eigenvalue weighted by Crippen LogP contribution is 2.29. The van der Waals surface area contributed by atoms with E-state index in [1.807, 2.05) is 24.3 Å². The highest BCUT2D eigenvalue weighted by molar-refractivity contribution is 7.22. The lowest BCUT2D eigenvalue weighted by molar-refractivity contribution is -0.137. The lowest BCUT2D eigenvalue weighted by Crippen LogP contribution is -2.25. The second kappa shape index (κ2) is 7.52. The van der Waals surface area contributed by atoms with Crippen molar-refractivity contribution in [2.24, 2.45) is 5.10 Å². The van der Waals surface area contributed by atoms with Crippen LogP contribution in [0.1, 0.15) is 11.1 Å². The summed E-state index contributed by atoms with van der Waals surface area (Å²) in [4.78, 5) is 16.1. The molecule has 0 unspecified atom stereocenters. The Labute approximate surface area is 150 Å². The van der Waals surface area contributed by atoms with E-state index in [2.05, 4.69) is 20.8 Å². The summed E-state index contributed by atoms with van der Waals surface area (Å²) in [5, 5.41) is 7.25. The summed E-state index contributed by atoms with van der Waals surface area (Å²) in [5.41, 5.74) is 2.86. The van der Waals surface area contributed by atoms with E-state index in [0.29, 0.717) is 10.7 Å². The number of rotatable bonds is 5. The zero-order valence-corrected chi connectivity index (χ0v) is 14.1. The number of anilines is 1. The van der Waals surface area contributed by atoms with E-state index >= 15 is 0 Å². The molecular weight excluding hydrogens is 365 g/mol. The van der Waals surface area contributed by atoms with Crippen LogP contribution >= 0.6 is 11.3 Å². The van der Waals surface area contributed by atoms with Crippen LogP contribution in [0.5, 0.6) is 0 Å². The number of carbonyl (C=O) groups excluding carboxylic acids is 1. The van der Waals surface area contributed by atoms with Crippen LogP contribution in [0, 0.1) is 0 Å². The number of nitrogens with one attached hydrogen (secondary N) is 2. The predicted octanol–water partition coefficient (Wildman–Crippen LogP) is 3.88. The maximum Gasteiger partial charge on any atom is 0.416 e. The number of thiazole rings is 1. The fourth-order valence-electron chi connectivity index (χ4n) is 2.08. The summed E-state index contributed by atoms with van der Waals surface area (Å²) in [5.74, 6) is -0.396. The Hall–Kier alpha value is -2.94. The van der Waals surface area contributed by atoms with Crippen LogP contribution in [0.4, 0.5) is 18.3 Å². The molecule has 0 aliphatic carbocycles. The minimum absolute atomic E-state index is 0.0236. The van der Waals surface area contributed by atoms with E-state index in [9.17, 15) is 18.0 Å². The van der Waals surface area contributed by atoms with Gasteiger partial charge in [-0.05, 0) is 29.8 Å². The Morgan fingerprint density at radius 1 is 1.15 bits per heavy atom. The van der Waals surface area contributed by atoms with Gasteiger partial charge in [-0.3, -0.25) is 4.79 Å². The number of halogens is 3. The van der Waals surface area contributed by atoms with Gasteiger partial charge in [0.05, 0.1) is 28.5 Å². The molecule has 0 saturated carbocycles. The summed E-state index contributed by atoms with van der Waals surface area (Å²) in [6.07, 6.45) is -3.11. The van der Waals surface area contributed by atoms with E-state index in [1.54, 1.807) is 0 Å². The lowest BCUT2D eigenvalue weighted by Gasteiger charge is -2.05. The fourth-order valence-corrected chi connectivity index (χ4v) is 2.94. The van der Waals surface area contributed by atoms with Gasteiger partial charge in [-0.1, -0.05) is 35.6 Å². The largest absolute Gasteiger partial charge is 0.416 e. The quantitative estimate of drug-likeness (QED) is 0.523. The molecule has 134 valence electrons. The van der Waals surface area contributed by atoms with E-state index in [1.165, 1.54) is 29.7 Å². The van der Waals surface area contributed by atoms with Crippen molar-refractivity contribution in [2.45, 2.75) is 6.18 Å². The second-order valence-corrected chi connectivity index (χ2v) is 6.28. The van der Waals surface area contributed by atoms with Crippen LogP contribution in [0.3, 0.4) is 0 Å². The van der Waals surface area contributed by atoms with Crippen molar-refractivity contribution in [2.75, 3.05) is 11.9 Å². The number of para-hydroxylation sites is 1. The van der Waals surface area contributed by atoms with Crippen LogP contribution < -0.4 is 10.7 Å². The van der Waals surface area contributed by atoms with Gasteiger partial charge in [0, 0.05) is 0 Å². The molecule has 0 bridgehead atoms. The van der Waals surface area contributed by atoms with Gasteiger partial charge in [0.2, 0.25) is 0 Å². The summed E-state index contributed by atoms with van der Waals surface area (Å²) >= 11 is 1.43. The van der Waals surface area contributed by atoms with Crippen LogP contribution in [-0.2, 0) is 11.0 Å². The number of alkyl halides is 3. The van der Waals surface area contributed by atoms with Gasteiger partial charge in [-0.25, -0.2) is 10.4 Å². The molecule has 0 radical (unpaired) electrons. The SMILES string of the molecule is O=C(CNc1nc2ccccc2s1)N/N=C\c1ccc(C(F)(F)F)cc1. The predicted molar refractivity (Wildman–Crippen MR) is 95.3 cm³/mol. The van der Waals surface area contributed by atoms with Gasteiger partial charge in [0.15, 0.2) is 5.13 Å². The highest BCUT2D eigenvalue weighted by Gasteiger charge is 2.29. The first kappa shape index (κ1) is 17.9. The number of amides is 1. The zero-order chi connectivity index (χ0) is 18.6. The third kappa shape index (κ3) is 4.57. The zero-order valence-electron chi connectivity index (χ0n) is 13.2. The Balaban J connectivity index is 1.49. The first-order valence-electron chi connectivity index (χ1n) is 7.50. The number of nitrogens with zero attached hydrogens (tertiary/aromatic N) is 2. The van der Waals surface area contributed by atoms with E-state index in [4.69, 9.17) is 0 Å². The monoisotopic (exact) mass is 378 g/mol. The molecule has 3 rings (SSSR count). The van der Waals surface area contributed by atoms with Crippen molar-refractivity contribution in [1.82, 2.24) is 10.4 Å². The third-order valence-electron chi connectivity index (χ3n) is 3.33. The van der Waals surface area contributed by atoms with Crippen LogP contribution in [0.2, 0.25) is 0 Å². The molecule has 1 aromatic heterocycles. The molecule has 1 amide bonds. The van der Waals surface area contributed by atoms with Crippen molar-refractivity contribution in [3.05, 3.63) is 59.7 Å². The minimum Gasteiger partial charge on any atom is -0.352 e. The number of hydrogen-bond donors (Lipinski definition) is 2. The van der Waals surface area contributed by atoms with Crippen molar-refractivity contribution >= 4 is 38.8 Å². The summed E-state index contributed by atoms with van der Waals surface area (Å²) in [6, 6.07) is 12.1. The number of benzene rings is 2. The maximum absolute atomic E-state index is 12.5. The van der Waals surface area contributed by atoms with E-state index in [-0.39, 0.29) is 6.54 Å². The molecule has 0 spiro atoms. The first-order chi connectivity index (χ1) is 12.4. The summed E-state index contributed by atoms with van der Waals surface area (Å²) in [7, 11) is 0. The average Bonchev–Trinajstić information content (AvgIpc) is 3.03. The standard InChI is InChI=1S/C17H13F3N4OS/c18-17(19,20)12-7-5-11(6-8-12)9-22-24-15(25)10-21-16-23-13-3-1-2-4-14(13)26-16/h1-9H,10H2,(H,21,23)(H,24,25)/b22-9-. The number of carbonyl (C=O) groups is 1. The van der Waals surface area contributed by atoms with Crippen molar-refractivity contribution in [1.29, 1.82) is 0 Å². The van der Waals surface area contributed by atoms with Crippen LogP contribution in [0.15, 0.2) is 53.6 Å². The Morgan fingerprint density at radius 2 is 1.88 bits per heavy atom. The van der Waals surface area contributed by atoms with Gasteiger partial charge >= 0.3 is 6.18 Å². The Bertz CT molecular complexity index is 902. The van der Waals surface area contributed by atoms with E-state index < -0.39 is 17.6 Å². The highest BCUT2D eigenvalue weighted by atomic mass is 32.1. The number of hydrazone groups is 1. The smallest absolute Gasteiger partial charge is 0.352 e. The lowest BCUT2D eigenvalue weighted by atomic mass is 10.1. The Kier molecular flexibility index (Phi) is 5.17. The van der Waals surface area contributed by atoms with Crippen LogP contribution in [0.25, 0.3) is 10.2 Å². The molecule has 5 nitrogen and oxygen atoms in total. The maximum atomic E-state index is 12.5. The van der Waals surface area contributed by atoms with E-state index in [0.717, 1.165) is 22.3 Å². The molecule has 2 aromatic carbocycles. The number of aromatic nitrogens is 1. The molecule has 3 aromatic rings. The first-order valence-corrected chi connectivity index (χ1v) is 8.32. The molecule has 0 saturated heterocycles. The van der Waals surface area contributed by atoms with Crippen molar-refractivity contribution in [3.63, 3.8) is 0 Å². The molecule has 1 heterocycles. The van der Waals surface area contributed by atoms with Crippen LogP contribution in [-0.4, -0.2) is 23.7 Å². The molecule has 0 fully saturated rings. The van der Waals surface area contributed by atoms with Gasteiger partial charge in [-0.15, -0.1) is 0 Å². The second-order valence-electron chi connectivity index (χ2n) is 5.25. The number of hydrogen-bond acceptors (Lipinski definition) is 5. The average molecular weight is 378 g/mol.